The molecule has 0 bridgehead atoms. The van der Waals surface area contributed by atoms with Gasteiger partial charge in [0.15, 0.2) is 5.97 Å². The summed E-state index contributed by atoms with van der Waals surface area (Å²) in [6, 6.07) is 0. The average molecular weight is 165 g/mol. The minimum Gasteiger partial charge on any atom is -0.421 e. The Balaban J connectivity index is 0. The molecule has 0 fully saturated rings. The van der Waals surface area contributed by atoms with Gasteiger partial charge in [0.1, 0.15) is 0 Å². The summed E-state index contributed by atoms with van der Waals surface area (Å²) in [6.45, 7) is 3.94. The van der Waals surface area contributed by atoms with Gasteiger partial charge >= 0.3 is 23.0 Å². The molecule has 0 radical (unpaired) electrons. The van der Waals surface area contributed by atoms with E-state index in [4.69, 9.17) is 0 Å². The van der Waals surface area contributed by atoms with E-state index in [-0.39, 0.29) is 17.1 Å². The second-order valence-corrected chi connectivity index (χ2v) is 0.966. The van der Waals surface area contributed by atoms with E-state index in [1.54, 1.807) is 0 Å². The molecule has 0 aliphatic rings. The SMILES string of the molecule is [CH2-]C(=O)OC(C)=O.[Cu+]. The number of carbonyl (C=O) groups is 2. The van der Waals surface area contributed by atoms with Gasteiger partial charge in [0.2, 0.25) is 0 Å². The molecule has 0 heterocycles. The van der Waals surface area contributed by atoms with Crippen molar-refractivity contribution < 1.29 is 31.4 Å². The summed E-state index contributed by atoms with van der Waals surface area (Å²) in [5.41, 5.74) is 0. The second-order valence-electron chi connectivity index (χ2n) is 0.966. The van der Waals surface area contributed by atoms with Crippen LogP contribution in [0.4, 0.5) is 0 Å². The molecule has 3 nitrogen and oxygen atoms in total. The molecular weight excluding hydrogens is 160 g/mol. The standard InChI is InChI=1S/C4H5O3.Cu/c1-3(5)7-4(2)6;/h1H2,2H3;/q-1;+1. The van der Waals surface area contributed by atoms with Crippen LogP contribution in [-0.4, -0.2) is 11.9 Å². The molecule has 0 aromatic carbocycles. The fraction of sp³-hybridized carbons (Fsp3) is 0.250. The molecule has 0 atom stereocenters. The Morgan fingerprint density at radius 2 is 1.88 bits per heavy atom. The van der Waals surface area contributed by atoms with E-state index < -0.39 is 11.9 Å². The Bertz CT molecular complexity index is 87.5. The Kier molecular flexibility index (Phi) is 6.15. The maximum atomic E-state index is 9.77. The van der Waals surface area contributed by atoms with Crippen LogP contribution in [0, 0.1) is 6.92 Å². The van der Waals surface area contributed by atoms with Crippen molar-refractivity contribution >= 4 is 11.9 Å². The molecule has 0 spiro atoms. The molecular formula is C4H5CuO3. The summed E-state index contributed by atoms with van der Waals surface area (Å²) >= 11 is 0. The van der Waals surface area contributed by atoms with Crippen LogP contribution in [0.1, 0.15) is 6.92 Å². The molecule has 0 amide bonds. The zero-order valence-corrected chi connectivity index (χ0v) is 5.18. The minimum atomic E-state index is -0.813. The maximum absolute atomic E-state index is 9.77. The van der Waals surface area contributed by atoms with Gasteiger partial charge in [-0.15, -0.1) is 0 Å². The van der Waals surface area contributed by atoms with Gasteiger partial charge in [-0.2, -0.15) is 0 Å². The van der Waals surface area contributed by atoms with Gasteiger partial charge in [-0.1, -0.05) is 0 Å². The molecule has 0 aromatic rings. The number of rotatable bonds is 0. The summed E-state index contributed by atoms with van der Waals surface area (Å²) in [5, 5.41) is 0. The molecule has 0 aromatic heterocycles. The molecule has 4 heteroatoms. The molecule has 8 heavy (non-hydrogen) atoms. The predicted octanol–water partition coefficient (Wildman–Crippen LogP) is -0.0923. The second kappa shape index (κ2) is 4.68. The number of hydrogen-bond donors (Lipinski definition) is 0. The molecule has 0 rings (SSSR count). The fourth-order valence-electron chi connectivity index (χ4n) is 0.160. The first kappa shape index (κ1) is 10.5. The van der Waals surface area contributed by atoms with Crippen molar-refractivity contribution in [3.8, 4) is 0 Å². The summed E-state index contributed by atoms with van der Waals surface area (Å²) in [7, 11) is 0. The maximum Gasteiger partial charge on any atom is 1.00 e. The van der Waals surface area contributed by atoms with Gasteiger partial charge in [-0.25, -0.2) is 0 Å². The molecule has 0 aliphatic carbocycles. The first-order valence-corrected chi connectivity index (χ1v) is 1.67. The smallest absolute Gasteiger partial charge is 0.421 e. The van der Waals surface area contributed by atoms with Gasteiger partial charge in [-0.05, 0) is 0 Å². The largest absolute Gasteiger partial charge is 1.00 e. The number of ether oxygens (including phenoxy) is 1. The van der Waals surface area contributed by atoms with E-state index in [1.165, 1.54) is 0 Å². The van der Waals surface area contributed by atoms with Crippen molar-refractivity contribution in [2.45, 2.75) is 6.92 Å². The van der Waals surface area contributed by atoms with E-state index in [0.717, 1.165) is 6.92 Å². The fourth-order valence-corrected chi connectivity index (χ4v) is 0.160. The first-order valence-electron chi connectivity index (χ1n) is 1.67. The third kappa shape index (κ3) is 9.11. The van der Waals surface area contributed by atoms with Gasteiger partial charge in [-0.3, -0.25) is 16.5 Å². The van der Waals surface area contributed by atoms with Gasteiger partial charge < -0.3 is 4.74 Å². The number of carbonyl (C=O) groups excluding carboxylic acids is 2. The topological polar surface area (TPSA) is 43.4 Å². The van der Waals surface area contributed by atoms with Gasteiger partial charge in [0.25, 0.3) is 0 Å². The third-order valence-electron chi connectivity index (χ3n) is 0.258. The molecule has 0 N–H and O–H groups in total. The van der Waals surface area contributed by atoms with Gasteiger partial charge in [0.05, 0.1) is 0 Å². The number of hydrogen-bond acceptors (Lipinski definition) is 3. The molecule has 0 unspecified atom stereocenters. The van der Waals surface area contributed by atoms with Crippen LogP contribution >= 0.6 is 0 Å². The van der Waals surface area contributed by atoms with Crippen molar-refractivity contribution in [3.05, 3.63) is 6.92 Å². The molecule has 0 saturated carbocycles. The summed E-state index contributed by atoms with van der Waals surface area (Å²) < 4.78 is 3.86. The van der Waals surface area contributed by atoms with Gasteiger partial charge in [0, 0.05) is 6.92 Å². The Morgan fingerprint density at radius 1 is 1.50 bits per heavy atom. The normalized spacial score (nSPS) is 6.62. The Morgan fingerprint density at radius 3 is 1.88 bits per heavy atom. The van der Waals surface area contributed by atoms with Crippen molar-refractivity contribution in [2.75, 3.05) is 0 Å². The molecule has 0 saturated heterocycles. The third-order valence-corrected chi connectivity index (χ3v) is 0.258. The van der Waals surface area contributed by atoms with E-state index in [9.17, 15) is 9.59 Å². The van der Waals surface area contributed by atoms with Crippen molar-refractivity contribution in [1.29, 1.82) is 0 Å². The van der Waals surface area contributed by atoms with Crippen LogP contribution in [-0.2, 0) is 31.4 Å². The number of esters is 2. The first-order chi connectivity index (χ1) is 3.13. The quantitative estimate of drug-likeness (QED) is 0.218. The van der Waals surface area contributed by atoms with Crippen molar-refractivity contribution in [1.82, 2.24) is 0 Å². The average Bonchev–Trinajstić information content (AvgIpc) is 1.27. The predicted molar refractivity (Wildman–Crippen MR) is 22.1 cm³/mol. The monoisotopic (exact) mass is 164 g/mol. The summed E-state index contributed by atoms with van der Waals surface area (Å²) in [6.07, 6.45) is 0. The van der Waals surface area contributed by atoms with Crippen LogP contribution in [0.3, 0.4) is 0 Å². The zero-order chi connectivity index (χ0) is 5.86. The zero-order valence-electron chi connectivity index (χ0n) is 4.23. The Labute approximate surface area is 57.9 Å². The summed E-state index contributed by atoms with van der Waals surface area (Å²) in [5.74, 6) is -1.44. The van der Waals surface area contributed by atoms with Crippen LogP contribution in [0.25, 0.3) is 0 Å². The minimum absolute atomic E-state index is 0. The van der Waals surface area contributed by atoms with Crippen molar-refractivity contribution in [3.63, 3.8) is 0 Å². The van der Waals surface area contributed by atoms with Crippen LogP contribution < -0.4 is 0 Å². The van der Waals surface area contributed by atoms with Crippen LogP contribution in [0.15, 0.2) is 0 Å². The van der Waals surface area contributed by atoms with E-state index in [0.29, 0.717) is 0 Å². The van der Waals surface area contributed by atoms with Crippen molar-refractivity contribution in [2.24, 2.45) is 0 Å². The van der Waals surface area contributed by atoms with E-state index >= 15 is 0 Å². The van der Waals surface area contributed by atoms with Crippen LogP contribution in [0.5, 0.6) is 0 Å². The Hall–Kier alpha value is -0.471. The summed E-state index contributed by atoms with van der Waals surface area (Å²) in [4.78, 5) is 19.5. The van der Waals surface area contributed by atoms with Crippen LogP contribution in [0.2, 0.25) is 0 Å². The molecule has 0 aliphatic heterocycles. The van der Waals surface area contributed by atoms with E-state index in [1.807, 2.05) is 0 Å². The van der Waals surface area contributed by atoms with E-state index in [2.05, 4.69) is 11.7 Å². The molecule has 50 valence electrons.